The lowest BCUT2D eigenvalue weighted by Gasteiger charge is -2.24. The Labute approximate surface area is 157 Å². The fourth-order valence-corrected chi connectivity index (χ4v) is 2.47. The van der Waals surface area contributed by atoms with Gasteiger partial charge in [0.05, 0.1) is 79.7 Å². The molecule has 0 aromatic heterocycles. The summed E-state index contributed by atoms with van der Waals surface area (Å²) in [4.78, 5) is 22.8. The molecule has 0 aliphatic heterocycles. The summed E-state index contributed by atoms with van der Waals surface area (Å²) in [5.74, 6) is 0.865. The summed E-state index contributed by atoms with van der Waals surface area (Å²) in [6.07, 6.45) is 3.20. The van der Waals surface area contributed by atoms with Gasteiger partial charge < -0.3 is 18.4 Å². The van der Waals surface area contributed by atoms with Gasteiger partial charge in [-0.05, 0) is 12.1 Å². The van der Waals surface area contributed by atoms with E-state index < -0.39 is 0 Å². The van der Waals surface area contributed by atoms with Gasteiger partial charge >= 0.3 is 0 Å². The van der Waals surface area contributed by atoms with Gasteiger partial charge in [0.15, 0.2) is 12.6 Å². The third-order valence-electron chi connectivity index (χ3n) is 3.86. The molecule has 0 unspecified atom stereocenters. The molecule has 0 saturated carbocycles. The molecule has 0 spiro atoms. The largest absolute Gasteiger partial charge is 0.493 e. The first-order chi connectivity index (χ1) is 12.1. The smallest absolute Gasteiger partial charge is 0.153 e. The molecule has 146 valence electrons. The fourth-order valence-electron chi connectivity index (χ4n) is 2.47. The van der Waals surface area contributed by atoms with Gasteiger partial charge in [-0.25, -0.2) is 0 Å². The van der Waals surface area contributed by atoms with Crippen molar-refractivity contribution >= 4 is 12.6 Å². The first-order valence-corrected chi connectivity index (χ1v) is 9.00. The number of hydrogen-bond acceptors (Lipinski definition) is 4. The van der Waals surface area contributed by atoms with E-state index in [4.69, 9.17) is 9.47 Å². The summed E-state index contributed by atoms with van der Waals surface area (Å²) in [6, 6.07) is 3.19. The lowest BCUT2D eigenvalue weighted by atomic mass is 10.1. The zero-order valence-corrected chi connectivity index (χ0v) is 17.1. The van der Waals surface area contributed by atoms with E-state index >= 15 is 0 Å². The monoisotopic (exact) mass is 366 g/mol. The summed E-state index contributed by atoms with van der Waals surface area (Å²) in [7, 11) is 12.7. The molecular weight excluding hydrogens is 332 g/mol. The van der Waals surface area contributed by atoms with Crippen molar-refractivity contribution < 1.29 is 28.0 Å². The van der Waals surface area contributed by atoms with Gasteiger partial charge in [0, 0.05) is 12.8 Å². The number of quaternary nitrogens is 2. The lowest BCUT2D eigenvalue weighted by Crippen LogP contribution is -2.36. The van der Waals surface area contributed by atoms with Crippen LogP contribution in [0.5, 0.6) is 11.5 Å². The molecule has 0 fully saturated rings. The molecule has 1 aromatic carbocycles. The molecular formula is C20H34N2O4+2. The maximum Gasteiger partial charge on any atom is 0.153 e. The first kappa shape index (κ1) is 22.1. The average Bonchev–Trinajstić information content (AvgIpc) is 2.53. The highest BCUT2D eigenvalue weighted by Crippen LogP contribution is 2.27. The Morgan fingerprint density at radius 3 is 1.35 bits per heavy atom. The Bertz CT molecular complexity index is 547. The number of nitrogens with zero attached hydrogens (tertiary/aromatic N) is 2. The molecule has 0 radical (unpaired) electrons. The van der Waals surface area contributed by atoms with Crippen LogP contribution in [0.15, 0.2) is 12.1 Å². The molecule has 0 N–H and O–H groups in total. The van der Waals surface area contributed by atoms with Crippen LogP contribution in [0.3, 0.4) is 0 Å². The van der Waals surface area contributed by atoms with E-state index in [1.165, 1.54) is 0 Å². The zero-order chi connectivity index (χ0) is 19.8. The quantitative estimate of drug-likeness (QED) is 0.323. The second-order valence-electron chi connectivity index (χ2n) is 8.60. The van der Waals surface area contributed by atoms with Crippen molar-refractivity contribution in [2.24, 2.45) is 0 Å². The average molecular weight is 367 g/mol. The number of carbonyl (C=O) groups excluding carboxylic acids is 2. The number of aldehydes is 2. The highest BCUT2D eigenvalue weighted by Gasteiger charge is 2.13. The second kappa shape index (κ2) is 9.69. The van der Waals surface area contributed by atoms with Gasteiger partial charge in [-0.15, -0.1) is 0 Å². The van der Waals surface area contributed by atoms with Crippen molar-refractivity contribution in [2.75, 3.05) is 68.6 Å². The normalized spacial score (nSPS) is 11.9. The number of ether oxygens (including phenoxy) is 2. The SMILES string of the molecule is C[N+](C)(C)CCCOc1cc(C=O)c(OCCC[N+](C)(C)C)cc1C=O. The van der Waals surface area contributed by atoms with Gasteiger partial charge in [-0.1, -0.05) is 0 Å². The van der Waals surface area contributed by atoms with E-state index in [0.717, 1.165) is 47.5 Å². The van der Waals surface area contributed by atoms with Crippen LogP contribution in [0.4, 0.5) is 0 Å². The molecule has 6 nitrogen and oxygen atoms in total. The summed E-state index contributed by atoms with van der Waals surface area (Å²) in [6.45, 7) is 2.92. The first-order valence-electron chi connectivity index (χ1n) is 9.00. The van der Waals surface area contributed by atoms with Crippen LogP contribution in [0.1, 0.15) is 33.6 Å². The standard InChI is InChI=1S/C20H34N2O4/c1-21(2,3)9-7-11-25-19-13-18(16-24)20(14-17(19)15-23)26-12-8-10-22(4,5)6/h13-16H,7-12H2,1-6H3/q+2. The minimum absolute atomic E-state index is 0.405. The van der Waals surface area contributed by atoms with Crippen LogP contribution in [-0.4, -0.2) is 90.1 Å². The van der Waals surface area contributed by atoms with Crippen LogP contribution >= 0.6 is 0 Å². The molecule has 1 aromatic rings. The number of rotatable bonds is 12. The van der Waals surface area contributed by atoms with E-state index in [0.29, 0.717) is 35.8 Å². The number of carbonyl (C=O) groups is 2. The molecule has 0 bridgehead atoms. The van der Waals surface area contributed by atoms with Gasteiger partial charge in [0.1, 0.15) is 11.5 Å². The van der Waals surface area contributed by atoms with Gasteiger partial charge in [-0.3, -0.25) is 9.59 Å². The summed E-state index contributed by atoms with van der Waals surface area (Å²) >= 11 is 0. The van der Waals surface area contributed by atoms with E-state index in [1.54, 1.807) is 12.1 Å². The molecule has 0 amide bonds. The molecule has 6 heteroatoms. The van der Waals surface area contributed by atoms with Crippen molar-refractivity contribution in [2.45, 2.75) is 12.8 Å². The van der Waals surface area contributed by atoms with Gasteiger partial charge in [-0.2, -0.15) is 0 Å². The van der Waals surface area contributed by atoms with Gasteiger partial charge in [0.25, 0.3) is 0 Å². The molecule has 0 aliphatic rings. The van der Waals surface area contributed by atoms with Crippen molar-refractivity contribution in [1.82, 2.24) is 0 Å². The van der Waals surface area contributed by atoms with Crippen LogP contribution in [-0.2, 0) is 0 Å². The van der Waals surface area contributed by atoms with Crippen molar-refractivity contribution in [1.29, 1.82) is 0 Å². The van der Waals surface area contributed by atoms with E-state index in [1.807, 2.05) is 0 Å². The van der Waals surface area contributed by atoms with Gasteiger partial charge in [0.2, 0.25) is 0 Å². The van der Waals surface area contributed by atoms with Crippen LogP contribution < -0.4 is 9.47 Å². The van der Waals surface area contributed by atoms with Crippen LogP contribution in [0.25, 0.3) is 0 Å². The Morgan fingerprint density at radius 2 is 1.08 bits per heavy atom. The maximum atomic E-state index is 11.4. The topological polar surface area (TPSA) is 52.6 Å². The summed E-state index contributed by atoms with van der Waals surface area (Å²) in [5, 5.41) is 0. The van der Waals surface area contributed by atoms with Crippen molar-refractivity contribution in [3.63, 3.8) is 0 Å². The van der Waals surface area contributed by atoms with Crippen LogP contribution in [0.2, 0.25) is 0 Å². The predicted octanol–water partition coefficient (Wildman–Crippen LogP) is 2.26. The van der Waals surface area contributed by atoms with E-state index in [-0.39, 0.29) is 0 Å². The van der Waals surface area contributed by atoms with E-state index in [9.17, 15) is 9.59 Å². The Kier molecular flexibility index (Phi) is 8.24. The highest BCUT2D eigenvalue weighted by atomic mass is 16.5. The minimum Gasteiger partial charge on any atom is -0.493 e. The third-order valence-corrected chi connectivity index (χ3v) is 3.86. The number of benzene rings is 1. The molecule has 26 heavy (non-hydrogen) atoms. The predicted molar refractivity (Wildman–Crippen MR) is 103 cm³/mol. The highest BCUT2D eigenvalue weighted by molar-refractivity contribution is 5.87. The third kappa shape index (κ3) is 8.45. The van der Waals surface area contributed by atoms with Crippen molar-refractivity contribution in [3.05, 3.63) is 23.3 Å². The Hall–Kier alpha value is -1.92. The minimum atomic E-state index is 0.405. The number of hydrogen-bond donors (Lipinski definition) is 0. The molecule has 0 heterocycles. The van der Waals surface area contributed by atoms with Crippen LogP contribution in [0, 0.1) is 0 Å². The molecule has 1 rings (SSSR count). The zero-order valence-electron chi connectivity index (χ0n) is 17.1. The molecule has 0 aliphatic carbocycles. The molecule has 0 atom stereocenters. The summed E-state index contributed by atoms with van der Waals surface area (Å²) in [5.41, 5.74) is 0.810. The Balaban J connectivity index is 2.73. The fraction of sp³-hybridized carbons (Fsp3) is 0.600. The molecule has 0 saturated heterocycles. The maximum absolute atomic E-state index is 11.4. The second-order valence-corrected chi connectivity index (χ2v) is 8.60. The Morgan fingerprint density at radius 1 is 0.731 bits per heavy atom. The van der Waals surface area contributed by atoms with Crippen molar-refractivity contribution in [3.8, 4) is 11.5 Å². The summed E-state index contributed by atoms with van der Waals surface area (Å²) < 4.78 is 13.2. The lowest BCUT2D eigenvalue weighted by molar-refractivity contribution is -0.870. The van der Waals surface area contributed by atoms with E-state index in [2.05, 4.69) is 42.3 Å².